The van der Waals surface area contributed by atoms with Gasteiger partial charge >= 0.3 is 5.97 Å². The highest BCUT2D eigenvalue weighted by Gasteiger charge is 2.42. The predicted molar refractivity (Wildman–Crippen MR) is 79.1 cm³/mol. The predicted octanol–water partition coefficient (Wildman–Crippen LogP) is 1.93. The van der Waals surface area contributed by atoms with Gasteiger partial charge in [-0.05, 0) is 37.8 Å². The van der Waals surface area contributed by atoms with Crippen LogP contribution >= 0.6 is 0 Å². The Morgan fingerprint density at radius 3 is 2.76 bits per heavy atom. The highest BCUT2D eigenvalue weighted by molar-refractivity contribution is 5.98. The molecule has 1 heterocycles. The molecule has 1 aliphatic rings. The number of nitrogens with two attached hydrogens (primary N) is 1. The Morgan fingerprint density at radius 1 is 1.48 bits per heavy atom. The van der Waals surface area contributed by atoms with Gasteiger partial charge in [-0.1, -0.05) is 19.8 Å². The summed E-state index contributed by atoms with van der Waals surface area (Å²) in [5, 5.41) is 12.7. The van der Waals surface area contributed by atoms with E-state index < -0.39 is 17.4 Å². The molecule has 1 aliphatic carbocycles. The fourth-order valence-corrected chi connectivity index (χ4v) is 2.99. The van der Waals surface area contributed by atoms with E-state index in [2.05, 4.69) is 10.3 Å². The van der Waals surface area contributed by atoms with E-state index >= 15 is 0 Å². The number of amides is 1. The first kappa shape index (κ1) is 15.3. The summed E-state index contributed by atoms with van der Waals surface area (Å²) in [6, 6.07) is 3.26. The van der Waals surface area contributed by atoms with Gasteiger partial charge in [0, 0.05) is 5.69 Å². The molecule has 0 aliphatic heterocycles. The fourth-order valence-electron chi connectivity index (χ4n) is 2.99. The average Bonchev–Trinajstić information content (AvgIpc) is 2.38. The normalized spacial score (nSPS) is 25.3. The van der Waals surface area contributed by atoms with Crippen LogP contribution in [-0.4, -0.2) is 27.5 Å². The first-order chi connectivity index (χ1) is 9.84. The van der Waals surface area contributed by atoms with Gasteiger partial charge < -0.3 is 16.2 Å². The number of carbonyl (C=O) groups is 2. The molecule has 2 atom stereocenters. The fraction of sp³-hybridized carbons (Fsp3) is 0.533. The van der Waals surface area contributed by atoms with Crippen LogP contribution in [0.2, 0.25) is 0 Å². The molecule has 1 aromatic heterocycles. The quantitative estimate of drug-likeness (QED) is 0.786. The third kappa shape index (κ3) is 3.15. The summed E-state index contributed by atoms with van der Waals surface area (Å²) in [6.07, 6.45) is 2.87. The topological polar surface area (TPSA) is 105 Å². The molecule has 0 saturated heterocycles. The van der Waals surface area contributed by atoms with Crippen molar-refractivity contribution in [2.24, 2.45) is 11.7 Å². The van der Waals surface area contributed by atoms with Gasteiger partial charge in [0.25, 0.3) is 5.91 Å². The zero-order valence-corrected chi connectivity index (χ0v) is 12.3. The second-order valence-electron chi connectivity index (χ2n) is 5.93. The van der Waals surface area contributed by atoms with Crippen molar-refractivity contribution in [1.29, 1.82) is 0 Å². The molecule has 2 rings (SSSR count). The van der Waals surface area contributed by atoms with Crippen molar-refractivity contribution >= 4 is 17.7 Å². The van der Waals surface area contributed by atoms with Crippen molar-refractivity contribution in [3.05, 3.63) is 23.4 Å². The number of nitrogens with zero attached hydrogens (tertiary/aromatic N) is 1. The van der Waals surface area contributed by atoms with Crippen molar-refractivity contribution in [3.8, 4) is 0 Å². The lowest BCUT2D eigenvalue weighted by Gasteiger charge is -2.37. The number of pyridine rings is 1. The van der Waals surface area contributed by atoms with Crippen molar-refractivity contribution in [2.75, 3.05) is 5.32 Å². The molecule has 2 unspecified atom stereocenters. The molecule has 4 N–H and O–H groups in total. The third-order valence-electron chi connectivity index (χ3n) is 4.06. The first-order valence-corrected chi connectivity index (χ1v) is 7.13. The summed E-state index contributed by atoms with van der Waals surface area (Å²) < 4.78 is 0. The Kier molecular flexibility index (Phi) is 4.16. The van der Waals surface area contributed by atoms with Crippen LogP contribution in [0.5, 0.6) is 0 Å². The highest BCUT2D eigenvalue weighted by atomic mass is 16.4. The van der Waals surface area contributed by atoms with E-state index in [-0.39, 0.29) is 11.4 Å². The molecule has 6 heteroatoms. The van der Waals surface area contributed by atoms with E-state index in [9.17, 15) is 14.7 Å². The number of hydrogen-bond donors (Lipinski definition) is 3. The Morgan fingerprint density at radius 2 is 2.19 bits per heavy atom. The Bertz CT molecular complexity index is 573. The highest BCUT2D eigenvalue weighted by Crippen LogP contribution is 2.35. The van der Waals surface area contributed by atoms with E-state index in [4.69, 9.17) is 5.73 Å². The van der Waals surface area contributed by atoms with Crippen LogP contribution in [0.3, 0.4) is 0 Å². The average molecular weight is 291 g/mol. The van der Waals surface area contributed by atoms with Gasteiger partial charge in [0.2, 0.25) is 0 Å². The number of carboxylic acids is 1. The summed E-state index contributed by atoms with van der Waals surface area (Å²) in [6.45, 7) is 3.82. The molecule has 1 saturated carbocycles. The minimum absolute atomic E-state index is 0.222. The lowest BCUT2D eigenvalue weighted by molar-refractivity contribution is -0.144. The number of carbonyl (C=O) groups excluding carboxylic acids is 1. The molecule has 1 fully saturated rings. The van der Waals surface area contributed by atoms with Crippen molar-refractivity contribution in [1.82, 2.24) is 4.98 Å². The van der Waals surface area contributed by atoms with Crippen molar-refractivity contribution in [2.45, 2.75) is 45.1 Å². The second kappa shape index (κ2) is 5.71. The third-order valence-corrected chi connectivity index (χ3v) is 4.06. The van der Waals surface area contributed by atoms with Gasteiger partial charge in [-0.15, -0.1) is 0 Å². The molecular weight excluding hydrogens is 270 g/mol. The number of aromatic nitrogens is 1. The van der Waals surface area contributed by atoms with E-state index in [1.54, 1.807) is 19.1 Å². The van der Waals surface area contributed by atoms with Crippen LogP contribution in [0.25, 0.3) is 0 Å². The Labute approximate surface area is 123 Å². The van der Waals surface area contributed by atoms with Gasteiger partial charge in [0.1, 0.15) is 11.4 Å². The van der Waals surface area contributed by atoms with Gasteiger partial charge in [-0.2, -0.15) is 0 Å². The number of nitrogens with one attached hydrogen (secondary N) is 1. The van der Waals surface area contributed by atoms with Crippen LogP contribution in [-0.2, 0) is 4.79 Å². The maximum absolute atomic E-state index is 11.8. The van der Waals surface area contributed by atoms with Crippen LogP contribution in [0.15, 0.2) is 12.1 Å². The number of carboxylic acid groups (broad SMARTS) is 1. The van der Waals surface area contributed by atoms with Crippen molar-refractivity contribution in [3.63, 3.8) is 0 Å². The lowest BCUT2D eigenvalue weighted by atomic mass is 9.76. The second-order valence-corrected chi connectivity index (χ2v) is 5.93. The summed E-state index contributed by atoms with van der Waals surface area (Å²) in [4.78, 5) is 27.6. The largest absolute Gasteiger partial charge is 0.480 e. The molecule has 0 spiro atoms. The number of rotatable bonds is 4. The van der Waals surface area contributed by atoms with Crippen LogP contribution in [0.1, 0.15) is 48.7 Å². The summed E-state index contributed by atoms with van der Waals surface area (Å²) >= 11 is 0. The van der Waals surface area contributed by atoms with E-state index in [0.717, 1.165) is 12.8 Å². The standard InChI is InChI=1S/C15H21N3O3/c1-9-4-3-7-15(8-9,14(20)21)18-13-11(12(16)19)6-5-10(2)17-13/h5-6,9H,3-4,7-8H2,1-2H3,(H2,16,19)(H,17,18)(H,20,21). The smallest absolute Gasteiger partial charge is 0.329 e. The molecule has 1 aromatic rings. The monoisotopic (exact) mass is 291 g/mol. The maximum atomic E-state index is 11.8. The van der Waals surface area contributed by atoms with Gasteiger partial charge in [0.15, 0.2) is 0 Å². The Balaban J connectivity index is 2.40. The summed E-state index contributed by atoms with van der Waals surface area (Å²) in [5.41, 5.74) is 5.19. The molecule has 21 heavy (non-hydrogen) atoms. The first-order valence-electron chi connectivity index (χ1n) is 7.13. The molecular formula is C15H21N3O3. The van der Waals surface area contributed by atoms with Gasteiger partial charge in [-0.25, -0.2) is 9.78 Å². The number of primary amides is 1. The number of aliphatic carboxylic acids is 1. The van der Waals surface area contributed by atoms with Gasteiger partial charge in [-0.3, -0.25) is 4.79 Å². The molecule has 1 amide bonds. The van der Waals surface area contributed by atoms with Crippen LogP contribution < -0.4 is 11.1 Å². The summed E-state index contributed by atoms with van der Waals surface area (Å²) in [7, 11) is 0. The molecule has 0 aromatic carbocycles. The minimum Gasteiger partial charge on any atom is -0.480 e. The zero-order valence-electron chi connectivity index (χ0n) is 12.3. The Hall–Kier alpha value is -2.11. The molecule has 6 nitrogen and oxygen atoms in total. The number of aryl methyl sites for hydroxylation is 1. The van der Waals surface area contributed by atoms with E-state index in [0.29, 0.717) is 24.5 Å². The van der Waals surface area contributed by atoms with Crippen LogP contribution in [0.4, 0.5) is 5.82 Å². The van der Waals surface area contributed by atoms with E-state index in [1.165, 1.54) is 0 Å². The lowest BCUT2D eigenvalue weighted by Crippen LogP contribution is -2.50. The van der Waals surface area contributed by atoms with Gasteiger partial charge in [0.05, 0.1) is 5.56 Å². The molecule has 114 valence electrons. The minimum atomic E-state index is -1.08. The van der Waals surface area contributed by atoms with E-state index in [1.807, 2.05) is 6.92 Å². The van der Waals surface area contributed by atoms with Crippen LogP contribution in [0, 0.1) is 12.8 Å². The molecule has 0 radical (unpaired) electrons. The maximum Gasteiger partial charge on any atom is 0.329 e. The number of hydrogen-bond acceptors (Lipinski definition) is 4. The zero-order chi connectivity index (χ0) is 15.6. The number of anilines is 1. The SMILES string of the molecule is Cc1ccc(C(N)=O)c(NC2(C(=O)O)CCCC(C)C2)n1. The van der Waals surface area contributed by atoms with Crippen molar-refractivity contribution < 1.29 is 14.7 Å². The molecule has 0 bridgehead atoms. The summed E-state index contributed by atoms with van der Waals surface area (Å²) in [5.74, 6) is -0.953.